The number of nitrogens with zero attached hydrogens (tertiary/aromatic N) is 2. The van der Waals surface area contributed by atoms with E-state index in [1.165, 1.54) is 33.2 Å². The van der Waals surface area contributed by atoms with E-state index < -0.39 is 22.0 Å². The second kappa shape index (κ2) is 7.66. The molecule has 1 atom stereocenters. The van der Waals surface area contributed by atoms with Crippen molar-refractivity contribution in [2.45, 2.75) is 31.7 Å². The van der Waals surface area contributed by atoms with Crippen molar-refractivity contribution in [1.29, 1.82) is 0 Å². The van der Waals surface area contributed by atoms with Gasteiger partial charge in [0.15, 0.2) is 5.78 Å². The third-order valence-corrected chi connectivity index (χ3v) is 6.84. The predicted octanol–water partition coefficient (Wildman–Crippen LogP) is 2.32. The van der Waals surface area contributed by atoms with Crippen molar-refractivity contribution >= 4 is 21.8 Å². The SMILES string of the molecule is COC(=O)c1c(C)c(C(=O)C(C)N(C)S(=O)(=O)c2ccccc2)c(C)n1C. The third kappa shape index (κ3) is 3.54. The van der Waals surface area contributed by atoms with Crippen LogP contribution in [0, 0.1) is 13.8 Å². The van der Waals surface area contributed by atoms with E-state index in [1.807, 2.05) is 0 Å². The lowest BCUT2D eigenvalue weighted by molar-refractivity contribution is 0.0588. The molecule has 1 aromatic carbocycles. The number of rotatable bonds is 6. The highest BCUT2D eigenvalue weighted by molar-refractivity contribution is 7.89. The van der Waals surface area contributed by atoms with Gasteiger partial charge in [-0.3, -0.25) is 4.79 Å². The molecular weight excluding hydrogens is 368 g/mol. The lowest BCUT2D eigenvalue weighted by Crippen LogP contribution is -2.40. The molecule has 27 heavy (non-hydrogen) atoms. The molecule has 0 radical (unpaired) electrons. The van der Waals surface area contributed by atoms with E-state index in [0.717, 1.165) is 4.31 Å². The number of hydrogen-bond donors (Lipinski definition) is 0. The topological polar surface area (TPSA) is 85.7 Å². The second-order valence-corrected chi connectivity index (χ2v) is 8.36. The van der Waals surface area contributed by atoms with E-state index in [1.54, 1.807) is 43.7 Å². The summed E-state index contributed by atoms with van der Waals surface area (Å²) in [6, 6.07) is 7.00. The van der Waals surface area contributed by atoms with Gasteiger partial charge in [0.25, 0.3) is 0 Å². The molecule has 0 aliphatic carbocycles. The molecular formula is C19H24N2O5S. The Bertz CT molecular complexity index is 977. The van der Waals surface area contributed by atoms with Crippen LogP contribution in [0.1, 0.15) is 39.0 Å². The van der Waals surface area contributed by atoms with Crippen molar-refractivity contribution in [1.82, 2.24) is 8.87 Å². The Morgan fingerprint density at radius 2 is 1.70 bits per heavy atom. The van der Waals surface area contributed by atoms with Crippen molar-refractivity contribution in [2.75, 3.05) is 14.2 Å². The number of likely N-dealkylation sites (N-methyl/N-ethyl adjacent to an activating group) is 1. The minimum Gasteiger partial charge on any atom is -0.464 e. The number of carbonyl (C=O) groups excluding carboxylic acids is 2. The molecule has 2 aromatic rings. The quantitative estimate of drug-likeness (QED) is 0.556. The molecule has 0 bridgehead atoms. The van der Waals surface area contributed by atoms with E-state index in [-0.39, 0.29) is 16.4 Å². The summed E-state index contributed by atoms with van der Waals surface area (Å²) in [5.41, 5.74) is 1.67. The Morgan fingerprint density at radius 3 is 2.22 bits per heavy atom. The molecule has 0 spiro atoms. The molecule has 8 heteroatoms. The van der Waals surface area contributed by atoms with E-state index in [2.05, 4.69) is 0 Å². The van der Waals surface area contributed by atoms with Gasteiger partial charge in [-0.2, -0.15) is 4.31 Å². The number of ketones is 1. The standard InChI is InChI=1S/C19H24N2O5S/c1-12-16(13(2)20(4)17(12)19(23)26-6)18(22)14(3)21(5)27(24,25)15-10-8-7-9-11-15/h7-11,14H,1-6H3. The summed E-state index contributed by atoms with van der Waals surface area (Å²) < 4.78 is 33.0. The first-order chi connectivity index (χ1) is 12.6. The molecule has 2 rings (SSSR count). The molecule has 7 nitrogen and oxygen atoms in total. The summed E-state index contributed by atoms with van der Waals surface area (Å²) in [7, 11) is 0.487. The maximum atomic E-state index is 13.1. The summed E-state index contributed by atoms with van der Waals surface area (Å²) in [6.07, 6.45) is 0. The number of hydrogen-bond acceptors (Lipinski definition) is 5. The number of benzene rings is 1. The zero-order valence-electron chi connectivity index (χ0n) is 16.3. The van der Waals surface area contributed by atoms with Crippen LogP contribution in [-0.4, -0.2) is 49.2 Å². The molecule has 1 heterocycles. The van der Waals surface area contributed by atoms with Crippen LogP contribution in [0.25, 0.3) is 0 Å². The maximum Gasteiger partial charge on any atom is 0.354 e. The van der Waals surface area contributed by atoms with Gasteiger partial charge in [0.1, 0.15) is 5.69 Å². The molecule has 0 fully saturated rings. The van der Waals surface area contributed by atoms with Crippen molar-refractivity contribution in [3.8, 4) is 0 Å². The summed E-state index contributed by atoms with van der Waals surface area (Å²) in [6.45, 7) is 4.91. The van der Waals surface area contributed by atoms with Gasteiger partial charge in [0, 0.05) is 25.4 Å². The fourth-order valence-electron chi connectivity index (χ4n) is 3.07. The number of carbonyl (C=O) groups is 2. The van der Waals surface area contributed by atoms with Crippen LogP contribution in [0.2, 0.25) is 0 Å². The van der Waals surface area contributed by atoms with Crippen molar-refractivity contribution in [3.63, 3.8) is 0 Å². The molecule has 0 amide bonds. The van der Waals surface area contributed by atoms with E-state index in [0.29, 0.717) is 16.8 Å². The Labute approximate surface area is 159 Å². The Hall–Kier alpha value is -2.45. The van der Waals surface area contributed by atoms with E-state index >= 15 is 0 Å². The van der Waals surface area contributed by atoms with Gasteiger partial charge in [0.2, 0.25) is 10.0 Å². The largest absolute Gasteiger partial charge is 0.464 e. The molecule has 146 valence electrons. The lowest BCUT2D eigenvalue weighted by Gasteiger charge is -2.23. The van der Waals surface area contributed by atoms with Gasteiger partial charge < -0.3 is 9.30 Å². The first-order valence-corrected chi connectivity index (χ1v) is 9.81. The molecule has 0 saturated heterocycles. The highest BCUT2D eigenvalue weighted by Gasteiger charge is 2.34. The van der Waals surface area contributed by atoms with Crippen LogP contribution in [-0.2, 0) is 21.8 Å². The smallest absolute Gasteiger partial charge is 0.354 e. The number of ether oxygens (including phenoxy) is 1. The number of methoxy groups -OCH3 is 1. The lowest BCUT2D eigenvalue weighted by atomic mass is 10.0. The first kappa shape index (κ1) is 20.9. The summed E-state index contributed by atoms with van der Waals surface area (Å²) in [4.78, 5) is 25.3. The van der Waals surface area contributed by atoms with Crippen LogP contribution in [0.3, 0.4) is 0 Å². The fourth-order valence-corrected chi connectivity index (χ4v) is 4.41. The summed E-state index contributed by atoms with van der Waals surface area (Å²) >= 11 is 0. The third-order valence-electron chi connectivity index (χ3n) is 4.90. The average molecular weight is 392 g/mol. The van der Waals surface area contributed by atoms with Gasteiger partial charge in [-0.25, -0.2) is 13.2 Å². The Morgan fingerprint density at radius 1 is 1.15 bits per heavy atom. The monoisotopic (exact) mass is 392 g/mol. The van der Waals surface area contributed by atoms with Gasteiger partial charge in [0.05, 0.1) is 18.0 Å². The van der Waals surface area contributed by atoms with Crippen molar-refractivity contribution < 1.29 is 22.7 Å². The highest BCUT2D eigenvalue weighted by atomic mass is 32.2. The zero-order valence-corrected chi connectivity index (χ0v) is 17.1. The first-order valence-electron chi connectivity index (χ1n) is 8.37. The van der Waals surface area contributed by atoms with Crippen LogP contribution in [0.4, 0.5) is 0 Å². The molecule has 1 unspecified atom stereocenters. The van der Waals surface area contributed by atoms with Gasteiger partial charge in [-0.15, -0.1) is 0 Å². The maximum absolute atomic E-state index is 13.1. The van der Waals surface area contributed by atoms with Crippen LogP contribution in [0.15, 0.2) is 35.2 Å². The van der Waals surface area contributed by atoms with Crippen LogP contribution < -0.4 is 0 Å². The Kier molecular flexibility index (Phi) is 5.91. The number of esters is 1. The zero-order chi connectivity index (χ0) is 20.5. The van der Waals surface area contributed by atoms with Crippen molar-refractivity contribution in [3.05, 3.63) is 52.8 Å². The fraction of sp³-hybridized carbons (Fsp3) is 0.368. The predicted molar refractivity (Wildman–Crippen MR) is 101 cm³/mol. The molecule has 1 aromatic heterocycles. The van der Waals surface area contributed by atoms with Gasteiger partial charge in [-0.1, -0.05) is 18.2 Å². The van der Waals surface area contributed by atoms with Crippen LogP contribution >= 0.6 is 0 Å². The van der Waals surface area contributed by atoms with E-state index in [9.17, 15) is 18.0 Å². The Balaban J connectivity index is 2.45. The van der Waals surface area contributed by atoms with Crippen LogP contribution in [0.5, 0.6) is 0 Å². The number of sulfonamides is 1. The molecule has 0 aliphatic rings. The van der Waals surface area contributed by atoms with Crippen molar-refractivity contribution in [2.24, 2.45) is 7.05 Å². The average Bonchev–Trinajstić information content (AvgIpc) is 2.88. The summed E-state index contributed by atoms with van der Waals surface area (Å²) in [5.74, 6) is -0.923. The highest BCUT2D eigenvalue weighted by Crippen LogP contribution is 2.26. The molecule has 0 N–H and O–H groups in total. The minimum atomic E-state index is -3.83. The molecule has 0 aliphatic heterocycles. The number of aromatic nitrogens is 1. The van der Waals surface area contributed by atoms with Gasteiger partial charge >= 0.3 is 5.97 Å². The van der Waals surface area contributed by atoms with Gasteiger partial charge in [-0.05, 0) is 38.5 Å². The second-order valence-electron chi connectivity index (χ2n) is 6.36. The minimum absolute atomic E-state index is 0.115. The van der Waals surface area contributed by atoms with E-state index in [4.69, 9.17) is 4.74 Å². The number of Topliss-reactive ketones (excluding diaryl/α,β-unsaturated/α-hetero) is 1. The molecule has 0 saturated carbocycles. The normalized spacial score (nSPS) is 12.9. The summed E-state index contributed by atoms with van der Waals surface area (Å²) in [5, 5.41) is 0.